The number of aromatic amines is 1. The summed E-state index contributed by atoms with van der Waals surface area (Å²) < 4.78 is 1.03. The number of pyridine rings is 1. The number of H-pyrrole nitrogens is 1. The number of fused-ring (bicyclic) bond motifs is 1. The van der Waals surface area contributed by atoms with E-state index in [1.807, 2.05) is 0 Å². The minimum absolute atomic E-state index is 0.219. The highest BCUT2D eigenvalue weighted by atomic mass is 35.5. The number of nitrogens with zero attached hydrogens (tertiary/aromatic N) is 2. The highest BCUT2D eigenvalue weighted by Crippen LogP contribution is 2.11. The summed E-state index contributed by atoms with van der Waals surface area (Å²) in [5, 5.41) is 0.534. The van der Waals surface area contributed by atoms with Crippen LogP contribution in [0, 0.1) is 0 Å². The van der Waals surface area contributed by atoms with Crippen LogP contribution in [0.15, 0.2) is 52.2 Å². The predicted octanol–water partition coefficient (Wildman–Crippen LogP) is 1.73. The van der Waals surface area contributed by atoms with Gasteiger partial charge in [0.15, 0.2) is 5.52 Å². The molecule has 0 radical (unpaired) electrons. The second kappa shape index (κ2) is 4.37. The lowest BCUT2D eigenvalue weighted by molar-refractivity contribution is 0.895. The molecule has 0 aliphatic heterocycles. The smallest absolute Gasteiger partial charge is 0.305 e. The van der Waals surface area contributed by atoms with Crippen molar-refractivity contribution in [3.63, 3.8) is 0 Å². The number of nitrogens with one attached hydrogen (secondary N) is 1. The molecule has 0 spiro atoms. The van der Waals surface area contributed by atoms with Gasteiger partial charge >= 0.3 is 5.69 Å². The van der Waals surface area contributed by atoms with Crippen LogP contribution in [0.1, 0.15) is 0 Å². The molecule has 1 aromatic carbocycles. The topological polar surface area (TPSA) is 67.8 Å². The van der Waals surface area contributed by atoms with Crippen molar-refractivity contribution in [2.75, 3.05) is 0 Å². The van der Waals surface area contributed by atoms with Gasteiger partial charge in [-0.1, -0.05) is 11.6 Å². The zero-order valence-electron chi connectivity index (χ0n) is 9.63. The number of rotatable bonds is 1. The van der Waals surface area contributed by atoms with Gasteiger partial charge in [-0.3, -0.25) is 4.79 Å². The maximum Gasteiger partial charge on any atom is 0.333 e. The zero-order chi connectivity index (χ0) is 13.4. The Bertz CT molecular complexity index is 865. The first-order valence-corrected chi connectivity index (χ1v) is 5.90. The van der Waals surface area contributed by atoms with Crippen molar-refractivity contribution < 1.29 is 0 Å². The summed E-state index contributed by atoms with van der Waals surface area (Å²) in [5.41, 5.74) is 0.123. The molecule has 3 rings (SSSR count). The van der Waals surface area contributed by atoms with Gasteiger partial charge in [-0.25, -0.2) is 14.3 Å². The first-order valence-electron chi connectivity index (χ1n) is 5.53. The minimum Gasteiger partial charge on any atom is -0.305 e. The van der Waals surface area contributed by atoms with E-state index in [1.165, 1.54) is 6.20 Å². The van der Waals surface area contributed by atoms with Crippen LogP contribution in [0.5, 0.6) is 0 Å². The molecule has 0 aliphatic carbocycles. The maximum absolute atomic E-state index is 12.3. The third kappa shape index (κ3) is 1.94. The molecule has 2 heterocycles. The lowest BCUT2D eigenvalue weighted by Gasteiger charge is -2.05. The molecule has 1 N–H and O–H groups in total. The van der Waals surface area contributed by atoms with E-state index in [4.69, 9.17) is 11.6 Å². The molecule has 0 saturated carbocycles. The molecule has 19 heavy (non-hydrogen) atoms. The maximum atomic E-state index is 12.3. The summed E-state index contributed by atoms with van der Waals surface area (Å²) in [6, 6.07) is 9.74. The van der Waals surface area contributed by atoms with Crippen LogP contribution in [0.2, 0.25) is 5.02 Å². The van der Waals surface area contributed by atoms with E-state index >= 15 is 0 Å². The third-order valence-electron chi connectivity index (χ3n) is 2.74. The molecule has 0 aliphatic rings. The minimum atomic E-state index is -0.507. The molecule has 0 bridgehead atoms. The lowest BCUT2D eigenvalue weighted by atomic mass is 10.3. The Balaban J connectivity index is 2.39. The highest BCUT2D eigenvalue weighted by Gasteiger charge is 2.09. The molecule has 5 nitrogen and oxygen atoms in total. The van der Waals surface area contributed by atoms with E-state index in [2.05, 4.69) is 9.97 Å². The van der Waals surface area contributed by atoms with Crippen molar-refractivity contribution in [3.05, 3.63) is 68.5 Å². The van der Waals surface area contributed by atoms with Crippen LogP contribution in [0.3, 0.4) is 0 Å². The zero-order valence-corrected chi connectivity index (χ0v) is 10.4. The normalized spacial score (nSPS) is 10.8. The lowest BCUT2D eigenvalue weighted by Crippen LogP contribution is -2.33. The van der Waals surface area contributed by atoms with E-state index in [0.29, 0.717) is 16.2 Å². The summed E-state index contributed by atoms with van der Waals surface area (Å²) in [5.74, 6) is 0. The number of halogens is 1. The standard InChI is InChI=1S/C13H8ClN3O2/c14-8-3-5-9(6-4-8)17-12(18)11-10(16-13(17)19)2-1-7-15-11/h1-7H,(H,16,19). The average molecular weight is 274 g/mol. The summed E-state index contributed by atoms with van der Waals surface area (Å²) in [7, 11) is 0. The number of benzene rings is 1. The Labute approximate surface area is 112 Å². The fourth-order valence-corrected chi connectivity index (χ4v) is 2.00. The van der Waals surface area contributed by atoms with Gasteiger partial charge in [0, 0.05) is 11.2 Å². The van der Waals surface area contributed by atoms with Crippen LogP contribution in [-0.2, 0) is 0 Å². The molecule has 6 heteroatoms. The van der Waals surface area contributed by atoms with E-state index < -0.39 is 11.2 Å². The Hall–Kier alpha value is -2.40. The predicted molar refractivity (Wildman–Crippen MR) is 73.0 cm³/mol. The molecule has 94 valence electrons. The van der Waals surface area contributed by atoms with Crippen molar-refractivity contribution in [3.8, 4) is 5.69 Å². The van der Waals surface area contributed by atoms with E-state index in [1.54, 1.807) is 36.4 Å². The van der Waals surface area contributed by atoms with Gasteiger partial charge in [0.05, 0.1) is 11.2 Å². The summed E-state index contributed by atoms with van der Waals surface area (Å²) >= 11 is 5.79. The molecular formula is C13H8ClN3O2. The number of aromatic nitrogens is 3. The van der Waals surface area contributed by atoms with Crippen molar-refractivity contribution in [2.24, 2.45) is 0 Å². The number of hydrogen-bond acceptors (Lipinski definition) is 3. The summed E-state index contributed by atoms with van der Waals surface area (Å²) in [4.78, 5) is 30.9. The SMILES string of the molecule is O=c1[nH]c2cccnc2c(=O)n1-c1ccc(Cl)cc1. The third-order valence-corrected chi connectivity index (χ3v) is 2.99. The summed E-state index contributed by atoms with van der Waals surface area (Å²) in [6.45, 7) is 0. The van der Waals surface area contributed by atoms with Crippen molar-refractivity contribution in [1.82, 2.24) is 14.5 Å². The molecule has 0 unspecified atom stereocenters. The molecule has 0 atom stereocenters. The first kappa shape index (κ1) is 11.7. The van der Waals surface area contributed by atoms with Gasteiger partial charge in [-0.05, 0) is 36.4 Å². The average Bonchev–Trinajstić information content (AvgIpc) is 2.41. The Morgan fingerprint density at radius 3 is 2.58 bits per heavy atom. The van der Waals surface area contributed by atoms with Gasteiger partial charge in [0.1, 0.15) is 0 Å². The van der Waals surface area contributed by atoms with Crippen LogP contribution >= 0.6 is 11.6 Å². The van der Waals surface area contributed by atoms with Crippen molar-refractivity contribution in [1.29, 1.82) is 0 Å². The largest absolute Gasteiger partial charge is 0.333 e. The molecular weight excluding hydrogens is 266 g/mol. The first-order chi connectivity index (χ1) is 9.16. The van der Waals surface area contributed by atoms with Gasteiger partial charge in [0.2, 0.25) is 0 Å². The molecule has 3 aromatic rings. The Morgan fingerprint density at radius 2 is 1.84 bits per heavy atom. The van der Waals surface area contributed by atoms with Gasteiger partial charge in [-0.15, -0.1) is 0 Å². The molecule has 0 amide bonds. The van der Waals surface area contributed by atoms with Crippen molar-refractivity contribution in [2.45, 2.75) is 0 Å². The van der Waals surface area contributed by atoms with Crippen LogP contribution in [-0.4, -0.2) is 14.5 Å². The van der Waals surface area contributed by atoms with E-state index in [0.717, 1.165) is 4.57 Å². The molecule has 0 saturated heterocycles. The second-order valence-corrected chi connectivity index (χ2v) is 4.38. The van der Waals surface area contributed by atoms with Crippen molar-refractivity contribution >= 4 is 22.6 Å². The monoisotopic (exact) mass is 273 g/mol. The number of hydrogen-bond donors (Lipinski definition) is 1. The van der Waals surface area contributed by atoms with Crippen LogP contribution < -0.4 is 11.2 Å². The quantitative estimate of drug-likeness (QED) is 0.734. The van der Waals surface area contributed by atoms with E-state index in [9.17, 15) is 9.59 Å². The van der Waals surface area contributed by atoms with E-state index in [-0.39, 0.29) is 5.52 Å². The fraction of sp³-hybridized carbons (Fsp3) is 0. The fourth-order valence-electron chi connectivity index (χ4n) is 1.87. The van der Waals surface area contributed by atoms with Crippen LogP contribution in [0.25, 0.3) is 16.7 Å². The van der Waals surface area contributed by atoms with Gasteiger partial charge in [-0.2, -0.15) is 0 Å². The molecule has 2 aromatic heterocycles. The van der Waals surface area contributed by atoms with Gasteiger partial charge in [0.25, 0.3) is 5.56 Å². The Kier molecular flexibility index (Phi) is 2.68. The Morgan fingerprint density at radius 1 is 1.11 bits per heavy atom. The highest BCUT2D eigenvalue weighted by molar-refractivity contribution is 6.30. The van der Waals surface area contributed by atoms with Crippen LogP contribution in [0.4, 0.5) is 0 Å². The van der Waals surface area contributed by atoms with Gasteiger partial charge < -0.3 is 4.98 Å². The molecule has 0 fully saturated rings. The summed E-state index contributed by atoms with van der Waals surface area (Å²) in [6.07, 6.45) is 1.51. The second-order valence-electron chi connectivity index (χ2n) is 3.95.